The van der Waals surface area contributed by atoms with Crippen molar-refractivity contribution in [2.75, 3.05) is 32.8 Å². The van der Waals surface area contributed by atoms with Gasteiger partial charge in [0.2, 0.25) is 5.91 Å². The van der Waals surface area contributed by atoms with E-state index in [1.807, 2.05) is 25.7 Å². The van der Waals surface area contributed by atoms with Gasteiger partial charge in [0.15, 0.2) is 0 Å². The van der Waals surface area contributed by atoms with Crippen molar-refractivity contribution in [1.29, 1.82) is 0 Å². The number of alkyl halides is 3. The Kier molecular flexibility index (Phi) is 11.5. The highest BCUT2D eigenvalue weighted by Crippen LogP contribution is 2.45. The van der Waals surface area contributed by atoms with Crippen molar-refractivity contribution in [3.05, 3.63) is 12.7 Å². The van der Waals surface area contributed by atoms with Gasteiger partial charge in [-0.2, -0.15) is 0 Å². The molecule has 14 heteroatoms. The SMILES string of the molecule is C=CC(=O)N1C[C@H](C)N(C2NC(=O)N3C4NC(C(F)CC42)C2C(CCC(Cl)C2F)OCC(O)C(OCC)C2CCNC(C(C)C)C23)C[C@H]1C. The fourth-order valence-corrected chi connectivity index (χ4v) is 10.4. The average Bonchev–Trinajstić information content (AvgIpc) is 3.07. The molecule has 6 rings (SSSR count). The summed E-state index contributed by atoms with van der Waals surface area (Å²) in [7, 11) is 0. The van der Waals surface area contributed by atoms with Gasteiger partial charge >= 0.3 is 6.03 Å². The van der Waals surface area contributed by atoms with Crippen LogP contribution in [0.4, 0.5) is 13.6 Å². The van der Waals surface area contributed by atoms with Crippen molar-refractivity contribution < 1.29 is 33.0 Å². The summed E-state index contributed by atoms with van der Waals surface area (Å²) in [5.41, 5.74) is 0. The van der Waals surface area contributed by atoms with Crippen molar-refractivity contribution in [3.8, 4) is 0 Å². The van der Waals surface area contributed by atoms with Gasteiger partial charge in [-0.05, 0) is 65.0 Å². The zero-order chi connectivity index (χ0) is 35.3. The second kappa shape index (κ2) is 15.2. The number of piperazine rings is 1. The monoisotopic (exact) mass is 714 g/mol. The fraction of sp³-hybridized carbons (Fsp3) is 0.886. The highest BCUT2D eigenvalue weighted by molar-refractivity contribution is 6.21. The van der Waals surface area contributed by atoms with Crippen LogP contribution in [0.15, 0.2) is 12.7 Å². The van der Waals surface area contributed by atoms with Gasteiger partial charge in [-0.3, -0.25) is 15.0 Å². The molecule has 5 saturated heterocycles. The molecule has 0 aromatic heterocycles. The Balaban J connectivity index is 1.44. The van der Waals surface area contributed by atoms with Gasteiger partial charge in [-0.1, -0.05) is 20.4 Å². The number of rotatable bonds is 5. The van der Waals surface area contributed by atoms with Gasteiger partial charge in [-0.25, -0.2) is 13.6 Å². The first-order valence-corrected chi connectivity index (χ1v) is 18.9. The van der Waals surface area contributed by atoms with E-state index in [0.29, 0.717) is 45.5 Å². The molecule has 1 saturated carbocycles. The Hall–Kier alpha value is -1.61. The van der Waals surface area contributed by atoms with Gasteiger partial charge in [-0.15, -0.1) is 11.6 Å². The maximum absolute atomic E-state index is 16.8. The van der Waals surface area contributed by atoms with Gasteiger partial charge in [0.25, 0.3) is 0 Å². The summed E-state index contributed by atoms with van der Waals surface area (Å²) in [5.74, 6) is -1.62. The van der Waals surface area contributed by atoms with E-state index in [9.17, 15) is 14.7 Å². The largest absolute Gasteiger partial charge is 0.388 e. The van der Waals surface area contributed by atoms with Crippen LogP contribution in [0.2, 0.25) is 0 Å². The predicted octanol–water partition coefficient (Wildman–Crippen LogP) is 2.61. The van der Waals surface area contributed by atoms with Gasteiger partial charge in [0.05, 0.1) is 42.6 Å². The van der Waals surface area contributed by atoms with E-state index in [-0.39, 0.29) is 54.9 Å². The van der Waals surface area contributed by atoms with Crippen LogP contribution in [0.25, 0.3) is 0 Å². The van der Waals surface area contributed by atoms with Crippen LogP contribution in [0.5, 0.6) is 0 Å². The van der Waals surface area contributed by atoms with Crippen molar-refractivity contribution in [3.63, 3.8) is 0 Å². The number of urea groups is 1. The van der Waals surface area contributed by atoms with Gasteiger partial charge in [0.1, 0.15) is 18.4 Å². The molecule has 6 fully saturated rings. The molecule has 2 bridgehead atoms. The average molecular weight is 715 g/mol. The summed E-state index contributed by atoms with van der Waals surface area (Å²) in [4.78, 5) is 33.2. The maximum atomic E-state index is 16.8. The quantitative estimate of drug-likeness (QED) is 0.254. The molecule has 16 atom stereocenters. The zero-order valence-corrected chi connectivity index (χ0v) is 30.3. The zero-order valence-electron chi connectivity index (χ0n) is 29.5. The number of carbonyl (C=O) groups excluding carboxylic acids is 2. The molecule has 0 radical (unpaired) electrons. The molecule has 49 heavy (non-hydrogen) atoms. The number of fused-ring (bicyclic) bond motifs is 5. The van der Waals surface area contributed by atoms with Crippen molar-refractivity contribution in [2.45, 2.75) is 139 Å². The van der Waals surface area contributed by atoms with Crippen molar-refractivity contribution in [1.82, 2.24) is 30.7 Å². The van der Waals surface area contributed by atoms with E-state index in [1.165, 1.54) is 6.08 Å². The van der Waals surface area contributed by atoms with Crippen LogP contribution in [0.1, 0.15) is 60.3 Å². The lowest BCUT2D eigenvalue weighted by Gasteiger charge is -2.61. The Morgan fingerprint density at radius 2 is 1.92 bits per heavy atom. The molecule has 11 nitrogen and oxygen atoms in total. The molecular weight excluding hydrogens is 658 g/mol. The molecule has 0 aromatic rings. The molecule has 3 amide bonds. The Labute approximate surface area is 294 Å². The number of piperidine rings is 2. The van der Waals surface area contributed by atoms with Crippen LogP contribution < -0.4 is 16.0 Å². The maximum Gasteiger partial charge on any atom is 0.320 e. The van der Waals surface area contributed by atoms with Gasteiger partial charge < -0.3 is 35.0 Å². The summed E-state index contributed by atoms with van der Waals surface area (Å²) in [6, 6.07) is -2.12. The molecule has 5 heterocycles. The topological polar surface area (TPSA) is 119 Å². The fourth-order valence-electron chi connectivity index (χ4n) is 10.1. The predicted molar refractivity (Wildman–Crippen MR) is 182 cm³/mol. The molecule has 1 aliphatic carbocycles. The van der Waals surface area contributed by atoms with Crippen LogP contribution in [-0.2, 0) is 14.3 Å². The summed E-state index contributed by atoms with van der Waals surface area (Å²) < 4.78 is 45.7. The lowest BCUT2D eigenvalue weighted by atomic mass is 9.71. The molecule has 6 aliphatic rings. The van der Waals surface area contributed by atoms with Gasteiger partial charge in [0, 0.05) is 61.6 Å². The van der Waals surface area contributed by atoms with E-state index >= 15 is 8.78 Å². The minimum Gasteiger partial charge on any atom is -0.388 e. The third kappa shape index (κ3) is 6.87. The highest BCUT2D eigenvalue weighted by atomic mass is 35.5. The van der Waals surface area contributed by atoms with Crippen molar-refractivity contribution in [2.24, 2.45) is 23.7 Å². The second-order valence-corrected chi connectivity index (χ2v) is 16.1. The Morgan fingerprint density at radius 1 is 1.16 bits per heavy atom. The summed E-state index contributed by atoms with van der Waals surface area (Å²) in [6.45, 7) is 15.6. The standard InChI is InChI=1S/C35H57ClF2N6O5/c1-7-26(46)42-14-19(6)43(15-18(42)5)33-21-13-23(37)30-27-25(10-9-22(36)28(27)38)49-16-24(45)32(48-8-2)20-11-12-39-29(17(3)4)31(20)44(34(21)40-30)35(47)41-33/h7,17-25,27-34,39-40,45H,1,8-16H2,2-6H3,(H,41,47)/t18-,19+,20?,21?,22?,23?,24?,25?,27?,28?,29?,30?,31?,32?,33?,34?/m1/s1. The number of amides is 3. The van der Waals surface area contributed by atoms with E-state index < -0.39 is 72.3 Å². The number of aliphatic hydroxyl groups is 1. The lowest BCUT2D eigenvalue weighted by Crippen LogP contribution is -2.81. The van der Waals surface area contributed by atoms with Crippen molar-refractivity contribution >= 4 is 23.5 Å². The Bertz CT molecular complexity index is 1210. The van der Waals surface area contributed by atoms with E-state index in [4.69, 9.17) is 21.1 Å². The van der Waals surface area contributed by atoms with Crippen LogP contribution in [0, 0.1) is 23.7 Å². The van der Waals surface area contributed by atoms with E-state index in [2.05, 4.69) is 41.3 Å². The Morgan fingerprint density at radius 3 is 2.61 bits per heavy atom. The molecule has 278 valence electrons. The summed E-state index contributed by atoms with van der Waals surface area (Å²) >= 11 is 6.52. The molecule has 0 aromatic carbocycles. The summed E-state index contributed by atoms with van der Waals surface area (Å²) in [5, 5.41) is 21.4. The number of carbonyl (C=O) groups is 2. The number of aliphatic hydroxyl groups excluding tert-OH is 1. The highest BCUT2D eigenvalue weighted by Gasteiger charge is 2.59. The number of nitrogens with zero attached hydrogens (tertiary/aromatic N) is 3. The molecule has 5 aliphatic heterocycles. The number of hydrogen-bond acceptors (Lipinski definition) is 8. The van der Waals surface area contributed by atoms with Crippen LogP contribution >= 0.6 is 11.6 Å². The number of halogens is 3. The van der Waals surface area contributed by atoms with Crippen LogP contribution in [-0.4, -0.2) is 143 Å². The smallest absolute Gasteiger partial charge is 0.320 e. The second-order valence-electron chi connectivity index (χ2n) is 15.6. The molecule has 14 unspecified atom stereocenters. The minimum absolute atomic E-state index is 0.0884. The first-order chi connectivity index (χ1) is 23.4. The number of ether oxygens (including phenoxy) is 2. The normalized spacial score (nSPS) is 46.5. The first kappa shape index (κ1) is 37.2. The summed E-state index contributed by atoms with van der Waals surface area (Å²) in [6.07, 6.45) is -3.64. The first-order valence-electron chi connectivity index (χ1n) is 18.5. The molecule has 0 spiro atoms. The van der Waals surface area contributed by atoms with E-state index in [0.717, 1.165) is 0 Å². The molecular formula is C35H57ClF2N6O5. The molecule has 4 N–H and O–H groups in total. The van der Waals surface area contributed by atoms with Crippen LogP contribution in [0.3, 0.4) is 0 Å². The number of nitrogens with one attached hydrogen (secondary N) is 3. The third-order valence-corrected chi connectivity index (χ3v) is 12.8. The van der Waals surface area contributed by atoms with E-state index in [1.54, 1.807) is 4.90 Å². The lowest BCUT2D eigenvalue weighted by molar-refractivity contribution is -0.166. The number of hydrogen-bond donors (Lipinski definition) is 4. The third-order valence-electron chi connectivity index (χ3n) is 12.3. The minimum atomic E-state index is -1.54.